The Labute approximate surface area is 504 Å². The third-order valence-corrected chi connectivity index (χ3v) is 17.2. The van der Waals surface area contributed by atoms with Gasteiger partial charge in [0.05, 0.1) is 39.6 Å². The first kappa shape index (κ1) is 72.4. The molecule has 0 aliphatic carbocycles. The van der Waals surface area contributed by atoms with Crippen molar-refractivity contribution in [2.45, 2.75) is 254 Å². The van der Waals surface area contributed by atoms with E-state index >= 15 is 0 Å². The maximum absolute atomic E-state index is 11.9. The largest absolute Gasteiger partial charge is 0.394 e. The van der Waals surface area contributed by atoms with Gasteiger partial charge in [0.2, 0.25) is 0 Å². The smallest absolute Gasteiger partial charge is 0.187 e. The standard InChI is InChI=1S/C52H92N2O34/c1-3-5-8-54(9-6-4-2)10-7-53-11-18-39-25(61)32(68)46(75-18)83-40-19(12-55)77-48(34(70)27(40)63)85-42-21(14-57)79-50(36(72)29(42)65)87-44-23(16-59)81-52(38(74)31(44)67)88-45-24(17-60)80-51(37(73)30(45)66)86-43-22(15-58)78-49(35(71)28(43)64)84-41-20(13-56)76-47(82-39)33(69)26(41)62/h18-53,55-74H,3-17H2,1-2H3/t18-,19-,20-,21-,22-,23-,24-,25-,26-,27-,28-,29-,30-,31-,32-,33-,34-,35-,36-,37-,38-,39-,40-,41-,42-,43-,44-,45-,46-,47-,48-,49-,50-,51-,52-/m1/s1. The van der Waals surface area contributed by atoms with Crippen LogP contribution in [0.5, 0.6) is 0 Å². The lowest BCUT2D eigenvalue weighted by Gasteiger charge is -2.50. The number of aliphatic hydroxyl groups excluding tert-OH is 20. The number of ether oxygens (including phenoxy) is 14. The normalized spacial score (nSPS) is 50.0. The molecule has 35 atom stereocenters. The summed E-state index contributed by atoms with van der Waals surface area (Å²) >= 11 is 0. The SMILES string of the molecule is CCCCN(CCCC)CCNC[C@H]1O[C@@H]2O[C@H]3[C@H](O)[C@@H](O)[C@@H](O[C@H]4[C@H](O)[C@@H](O)[C@@H](O[C@H]5[C@H](O)[C@@H](O)[C@@H](O[C@H]6[C@H](O)[C@@H](O)[C@@H](O[C@H]7[C@H](O)[C@@H](O)[C@@H](O[C@H]8[C@H](O)[C@@H](O)[C@@H](O[C@H]1[C@H](O)[C@H]2O)O[C@@H]8CO)O[C@@H]7CO)O[C@@H]6CO)O[C@@H]5CO)O[C@@H]4CO)O[C@@H]3CO. The van der Waals surface area contributed by atoms with Gasteiger partial charge in [-0.2, -0.15) is 0 Å². The van der Waals surface area contributed by atoms with E-state index in [0.717, 1.165) is 38.8 Å². The van der Waals surface area contributed by atoms with E-state index < -0.39 is 255 Å². The van der Waals surface area contributed by atoms with Crippen molar-refractivity contribution in [1.29, 1.82) is 0 Å². The predicted molar refractivity (Wildman–Crippen MR) is 280 cm³/mol. The second kappa shape index (κ2) is 32.8. The van der Waals surface area contributed by atoms with Crippen LogP contribution in [0.15, 0.2) is 0 Å². The minimum atomic E-state index is -2.20. The van der Waals surface area contributed by atoms with Gasteiger partial charge in [-0.1, -0.05) is 26.7 Å². The van der Waals surface area contributed by atoms with E-state index in [0.29, 0.717) is 13.1 Å². The average Bonchev–Trinajstić information content (AvgIpc) is 1.83. The highest BCUT2D eigenvalue weighted by Gasteiger charge is 2.59. The third kappa shape index (κ3) is 15.8. The Morgan fingerprint density at radius 1 is 0.261 bits per heavy atom. The molecule has 88 heavy (non-hydrogen) atoms. The number of aliphatic hydroxyl groups is 20. The monoisotopic (exact) mass is 1290 g/mol. The van der Waals surface area contributed by atoms with Crippen molar-refractivity contribution in [3.63, 3.8) is 0 Å². The van der Waals surface area contributed by atoms with Gasteiger partial charge >= 0.3 is 0 Å². The molecule has 36 heteroatoms. The highest BCUT2D eigenvalue weighted by molar-refractivity contribution is 5.02. The summed E-state index contributed by atoms with van der Waals surface area (Å²) in [7, 11) is 0. The summed E-state index contributed by atoms with van der Waals surface area (Å²) in [4.78, 5) is 2.24. The molecule has 0 amide bonds. The Bertz CT molecular complexity index is 2030. The van der Waals surface area contributed by atoms with Gasteiger partial charge in [-0.25, -0.2) is 0 Å². The molecule has 21 heterocycles. The van der Waals surface area contributed by atoms with Gasteiger partial charge in [-0.3, -0.25) is 0 Å². The fraction of sp³-hybridized carbons (Fsp3) is 1.00. The molecule has 514 valence electrons. The van der Waals surface area contributed by atoms with Crippen LogP contribution in [0.3, 0.4) is 0 Å². The molecule has 0 aromatic rings. The van der Waals surface area contributed by atoms with Crippen LogP contribution in [0.2, 0.25) is 0 Å². The van der Waals surface area contributed by atoms with E-state index in [-0.39, 0.29) is 6.54 Å². The number of unbranched alkanes of at least 4 members (excludes halogenated alkanes) is 2. The minimum absolute atomic E-state index is 0.204. The van der Waals surface area contributed by atoms with Gasteiger partial charge in [0.15, 0.2) is 44.0 Å². The van der Waals surface area contributed by atoms with Gasteiger partial charge in [-0.15, -0.1) is 0 Å². The zero-order valence-electron chi connectivity index (χ0n) is 48.4. The Morgan fingerprint density at radius 2 is 0.455 bits per heavy atom. The molecule has 0 aromatic heterocycles. The Morgan fingerprint density at radius 3 is 0.648 bits per heavy atom. The van der Waals surface area contributed by atoms with E-state index in [1.807, 2.05) is 0 Å². The van der Waals surface area contributed by atoms with Crippen LogP contribution in [0.1, 0.15) is 39.5 Å². The highest BCUT2D eigenvalue weighted by atomic mass is 16.8. The first-order valence-corrected chi connectivity index (χ1v) is 29.9. The molecule has 14 bridgehead atoms. The summed E-state index contributed by atoms with van der Waals surface area (Å²) in [6, 6.07) is 0. The van der Waals surface area contributed by atoms with Gasteiger partial charge in [0.1, 0.15) is 171 Å². The minimum Gasteiger partial charge on any atom is -0.394 e. The van der Waals surface area contributed by atoms with Gasteiger partial charge in [0.25, 0.3) is 0 Å². The van der Waals surface area contributed by atoms with Gasteiger partial charge < -0.3 is 179 Å². The zero-order valence-corrected chi connectivity index (χ0v) is 48.4. The molecule has 21 fully saturated rings. The van der Waals surface area contributed by atoms with E-state index in [9.17, 15) is 102 Å². The van der Waals surface area contributed by atoms with Crippen molar-refractivity contribution in [2.24, 2.45) is 0 Å². The van der Waals surface area contributed by atoms with E-state index in [2.05, 4.69) is 24.1 Å². The molecule has 36 nitrogen and oxygen atoms in total. The molecule has 21 saturated heterocycles. The molecule has 21 aliphatic rings. The zero-order chi connectivity index (χ0) is 64.0. The highest BCUT2D eigenvalue weighted by Crippen LogP contribution is 2.39. The first-order valence-electron chi connectivity index (χ1n) is 29.9. The summed E-state index contributed by atoms with van der Waals surface area (Å²) in [5, 5.41) is 228. The fourth-order valence-corrected chi connectivity index (χ4v) is 12.0. The van der Waals surface area contributed by atoms with Crippen molar-refractivity contribution >= 4 is 0 Å². The Kier molecular flexibility index (Phi) is 27.0. The van der Waals surface area contributed by atoms with Crippen LogP contribution in [-0.2, 0) is 66.3 Å². The lowest BCUT2D eigenvalue weighted by molar-refractivity contribution is -0.396. The predicted octanol–water partition coefficient (Wildman–Crippen LogP) is -12.7. The van der Waals surface area contributed by atoms with Crippen LogP contribution < -0.4 is 5.32 Å². The number of nitrogens with zero attached hydrogens (tertiary/aromatic N) is 1. The van der Waals surface area contributed by atoms with Crippen LogP contribution in [0.4, 0.5) is 0 Å². The molecular formula is C52H92N2O34. The second-order valence-corrected chi connectivity index (χ2v) is 23.2. The maximum atomic E-state index is 11.9. The molecule has 0 saturated carbocycles. The fourth-order valence-electron chi connectivity index (χ4n) is 12.0. The topological polar surface area (TPSA) is 549 Å². The van der Waals surface area contributed by atoms with Crippen LogP contribution in [-0.4, -0.2) is 394 Å². The van der Waals surface area contributed by atoms with Crippen molar-refractivity contribution in [3.05, 3.63) is 0 Å². The van der Waals surface area contributed by atoms with Crippen molar-refractivity contribution in [3.8, 4) is 0 Å². The second-order valence-electron chi connectivity index (χ2n) is 23.2. The van der Waals surface area contributed by atoms with Crippen LogP contribution in [0, 0.1) is 0 Å². The number of nitrogens with one attached hydrogen (secondary N) is 1. The van der Waals surface area contributed by atoms with Gasteiger partial charge in [-0.05, 0) is 25.9 Å². The number of rotatable bonds is 17. The number of hydrogen-bond donors (Lipinski definition) is 21. The quantitative estimate of drug-likeness (QED) is 0.0601. The first-order chi connectivity index (χ1) is 42.1. The van der Waals surface area contributed by atoms with E-state index in [1.165, 1.54) is 0 Å². The Hall–Kier alpha value is -1.44. The number of hydrogen-bond acceptors (Lipinski definition) is 36. The average molecular weight is 1290 g/mol. The molecule has 21 rings (SSSR count). The summed E-state index contributed by atoms with van der Waals surface area (Å²) in [6.45, 7) is 0.216. The van der Waals surface area contributed by atoms with E-state index in [4.69, 9.17) is 66.3 Å². The molecular weight excluding hydrogens is 1200 g/mol. The van der Waals surface area contributed by atoms with E-state index in [1.54, 1.807) is 0 Å². The molecule has 0 radical (unpaired) electrons. The summed E-state index contributed by atoms with van der Waals surface area (Å²) in [6.07, 6.45) is -65.2. The van der Waals surface area contributed by atoms with Crippen molar-refractivity contribution < 1.29 is 168 Å². The molecule has 0 unspecified atom stereocenters. The molecule has 0 spiro atoms. The summed E-state index contributed by atoms with van der Waals surface area (Å²) < 4.78 is 81.9. The summed E-state index contributed by atoms with van der Waals surface area (Å²) in [5.74, 6) is 0. The third-order valence-electron chi connectivity index (χ3n) is 17.2. The maximum Gasteiger partial charge on any atom is 0.187 e. The molecule has 21 N–H and O–H groups in total. The van der Waals surface area contributed by atoms with Crippen LogP contribution >= 0.6 is 0 Å². The van der Waals surface area contributed by atoms with Crippen molar-refractivity contribution in [1.82, 2.24) is 10.2 Å². The molecule has 21 aliphatic heterocycles. The van der Waals surface area contributed by atoms with Crippen LogP contribution in [0.25, 0.3) is 0 Å². The van der Waals surface area contributed by atoms with Crippen molar-refractivity contribution in [2.75, 3.05) is 72.4 Å². The van der Waals surface area contributed by atoms with Gasteiger partial charge in [0, 0.05) is 19.6 Å². The molecule has 0 aromatic carbocycles. The lowest BCUT2D eigenvalue weighted by atomic mass is 9.95. The summed E-state index contributed by atoms with van der Waals surface area (Å²) in [5.41, 5.74) is 0. The Balaban J connectivity index is 1.09. The lowest BCUT2D eigenvalue weighted by Crippen LogP contribution is -2.68.